The highest BCUT2D eigenvalue weighted by Gasteiger charge is 2.24. The molecule has 0 N–H and O–H groups in total. The van der Waals surface area contributed by atoms with Crippen LogP contribution in [0.1, 0.15) is 0 Å². The minimum Gasteiger partial charge on any atom is -0.456 e. The summed E-state index contributed by atoms with van der Waals surface area (Å²) in [5.41, 5.74) is 11.1. The van der Waals surface area contributed by atoms with Crippen LogP contribution >= 0.6 is 0 Å². The maximum absolute atomic E-state index is 6.54. The van der Waals surface area contributed by atoms with Crippen LogP contribution in [0, 0.1) is 0 Å². The van der Waals surface area contributed by atoms with Crippen LogP contribution in [0.5, 0.6) is 0 Å². The Morgan fingerprint density at radius 1 is 0.321 bits per heavy atom. The highest BCUT2D eigenvalue weighted by molar-refractivity contribution is 6.18. The molecule has 0 unspecified atom stereocenters. The Morgan fingerprint density at radius 2 is 0.906 bits per heavy atom. The average Bonchev–Trinajstić information content (AvgIpc) is 3.79. The molecule has 11 rings (SSSR count). The molecular formula is C50H31NO2. The lowest BCUT2D eigenvalue weighted by Gasteiger charge is -2.28. The normalized spacial score (nSPS) is 11.8. The number of para-hydroxylation sites is 2. The SMILES string of the molecule is c1ccc(-c2ccc(N(c3ccc4c(c3)oc3ccccc34)c3ccc4oc5ccccc5c4c3-c3ccc4ccc5ccccc5c4c3)cc2)cc1. The van der Waals surface area contributed by atoms with Crippen LogP contribution in [0.3, 0.4) is 0 Å². The smallest absolute Gasteiger partial charge is 0.137 e. The van der Waals surface area contributed by atoms with Crippen molar-refractivity contribution < 1.29 is 8.83 Å². The summed E-state index contributed by atoms with van der Waals surface area (Å²) in [7, 11) is 0. The van der Waals surface area contributed by atoms with E-state index in [1.165, 1.54) is 32.7 Å². The molecule has 3 nitrogen and oxygen atoms in total. The first-order valence-corrected chi connectivity index (χ1v) is 18.0. The number of hydrogen-bond donors (Lipinski definition) is 0. The lowest BCUT2D eigenvalue weighted by Crippen LogP contribution is -2.11. The number of fused-ring (bicyclic) bond motifs is 9. The van der Waals surface area contributed by atoms with Crippen molar-refractivity contribution in [2.45, 2.75) is 0 Å². The zero-order valence-corrected chi connectivity index (χ0v) is 28.7. The summed E-state index contributed by atoms with van der Waals surface area (Å²) < 4.78 is 13.0. The first-order valence-electron chi connectivity index (χ1n) is 18.0. The van der Waals surface area contributed by atoms with E-state index in [1.54, 1.807) is 0 Å². The van der Waals surface area contributed by atoms with Gasteiger partial charge in [-0.05, 0) is 92.8 Å². The molecule has 248 valence electrons. The molecule has 2 aromatic heterocycles. The standard InChI is InChI=1S/C50H31NO2/c1-2-10-32(11-3-1)33-22-24-37(25-23-33)51(38-26-27-41-40-14-6-8-16-45(40)53-48(41)31-38)44-28-29-47-50(42-15-7-9-17-46(42)52-47)49(44)36-21-20-35-19-18-34-12-4-5-13-39(34)43(35)30-36/h1-31H. The number of benzene rings is 9. The van der Waals surface area contributed by atoms with Gasteiger partial charge in [0.1, 0.15) is 22.3 Å². The predicted molar refractivity (Wildman–Crippen MR) is 222 cm³/mol. The summed E-state index contributed by atoms with van der Waals surface area (Å²) in [5, 5.41) is 9.29. The summed E-state index contributed by atoms with van der Waals surface area (Å²) in [5.74, 6) is 0. The Morgan fingerprint density at radius 3 is 1.74 bits per heavy atom. The molecule has 0 aliphatic rings. The summed E-state index contributed by atoms with van der Waals surface area (Å²) in [4.78, 5) is 2.37. The second-order valence-electron chi connectivity index (χ2n) is 13.7. The topological polar surface area (TPSA) is 29.5 Å². The van der Waals surface area contributed by atoms with Gasteiger partial charge in [-0.15, -0.1) is 0 Å². The Labute approximate surface area is 305 Å². The Bertz CT molecular complexity index is 3170. The summed E-state index contributed by atoms with van der Waals surface area (Å²) >= 11 is 0. The molecule has 0 spiro atoms. The van der Waals surface area contributed by atoms with Crippen molar-refractivity contribution in [1.82, 2.24) is 0 Å². The van der Waals surface area contributed by atoms with E-state index < -0.39 is 0 Å². The van der Waals surface area contributed by atoms with E-state index in [0.717, 1.165) is 72.1 Å². The van der Waals surface area contributed by atoms with Crippen LogP contribution in [0.2, 0.25) is 0 Å². The second-order valence-corrected chi connectivity index (χ2v) is 13.7. The average molecular weight is 678 g/mol. The monoisotopic (exact) mass is 677 g/mol. The van der Waals surface area contributed by atoms with E-state index in [1.807, 2.05) is 18.2 Å². The summed E-state index contributed by atoms with van der Waals surface area (Å²) in [6.07, 6.45) is 0. The van der Waals surface area contributed by atoms with E-state index >= 15 is 0 Å². The Balaban J connectivity index is 1.21. The van der Waals surface area contributed by atoms with Crippen LogP contribution in [0.25, 0.3) is 87.7 Å². The quantitative estimate of drug-likeness (QED) is 0.170. The minimum absolute atomic E-state index is 0.850. The van der Waals surface area contributed by atoms with Crippen molar-refractivity contribution in [2.75, 3.05) is 4.90 Å². The maximum atomic E-state index is 6.54. The van der Waals surface area contributed by atoms with Crippen molar-refractivity contribution in [3.63, 3.8) is 0 Å². The van der Waals surface area contributed by atoms with Crippen molar-refractivity contribution >= 4 is 82.5 Å². The number of anilines is 3. The number of nitrogens with zero attached hydrogens (tertiary/aromatic N) is 1. The lowest BCUT2D eigenvalue weighted by atomic mass is 9.93. The van der Waals surface area contributed by atoms with Gasteiger partial charge in [-0.1, -0.05) is 127 Å². The predicted octanol–water partition coefficient (Wildman–Crippen LogP) is 14.6. The fraction of sp³-hybridized carbons (Fsp3) is 0. The summed E-state index contributed by atoms with van der Waals surface area (Å²) in [6.45, 7) is 0. The van der Waals surface area contributed by atoms with Gasteiger partial charge in [0.15, 0.2) is 0 Å². The first-order chi connectivity index (χ1) is 26.3. The van der Waals surface area contributed by atoms with Crippen molar-refractivity contribution in [1.29, 1.82) is 0 Å². The molecule has 11 aromatic rings. The molecule has 0 saturated carbocycles. The third-order valence-electron chi connectivity index (χ3n) is 10.7. The van der Waals surface area contributed by atoms with E-state index in [-0.39, 0.29) is 0 Å². The first kappa shape index (κ1) is 29.6. The summed E-state index contributed by atoms with van der Waals surface area (Å²) in [6, 6.07) is 66.9. The van der Waals surface area contributed by atoms with Crippen LogP contribution in [-0.2, 0) is 0 Å². The van der Waals surface area contributed by atoms with Crippen LogP contribution in [0.15, 0.2) is 197 Å². The molecule has 3 heteroatoms. The van der Waals surface area contributed by atoms with Gasteiger partial charge in [0, 0.05) is 44.5 Å². The Hall–Kier alpha value is -7.10. The molecule has 0 atom stereocenters. The largest absolute Gasteiger partial charge is 0.456 e. The fourth-order valence-electron chi connectivity index (χ4n) is 8.16. The molecule has 2 heterocycles. The van der Waals surface area contributed by atoms with Crippen LogP contribution < -0.4 is 4.90 Å². The zero-order chi connectivity index (χ0) is 34.9. The molecule has 0 amide bonds. The molecule has 53 heavy (non-hydrogen) atoms. The highest BCUT2D eigenvalue weighted by Crippen LogP contribution is 2.48. The molecule has 0 aliphatic heterocycles. The third kappa shape index (κ3) is 4.75. The number of rotatable bonds is 5. The van der Waals surface area contributed by atoms with Gasteiger partial charge >= 0.3 is 0 Å². The minimum atomic E-state index is 0.850. The molecule has 0 bridgehead atoms. The zero-order valence-electron chi connectivity index (χ0n) is 28.7. The highest BCUT2D eigenvalue weighted by atomic mass is 16.3. The van der Waals surface area contributed by atoms with Gasteiger partial charge in [-0.25, -0.2) is 0 Å². The molecular weight excluding hydrogens is 647 g/mol. The second kappa shape index (κ2) is 11.7. The van der Waals surface area contributed by atoms with Gasteiger partial charge in [-0.2, -0.15) is 0 Å². The van der Waals surface area contributed by atoms with E-state index in [0.29, 0.717) is 0 Å². The molecule has 0 aliphatic carbocycles. The van der Waals surface area contributed by atoms with Gasteiger partial charge in [-0.3, -0.25) is 0 Å². The van der Waals surface area contributed by atoms with Gasteiger partial charge in [0.05, 0.1) is 5.69 Å². The maximum Gasteiger partial charge on any atom is 0.137 e. The number of hydrogen-bond acceptors (Lipinski definition) is 3. The number of furan rings is 2. The van der Waals surface area contributed by atoms with Gasteiger partial charge < -0.3 is 13.7 Å². The fourth-order valence-corrected chi connectivity index (χ4v) is 8.16. The van der Waals surface area contributed by atoms with E-state index in [2.05, 4.69) is 175 Å². The van der Waals surface area contributed by atoms with Crippen molar-refractivity contribution in [2.24, 2.45) is 0 Å². The van der Waals surface area contributed by atoms with Gasteiger partial charge in [0.2, 0.25) is 0 Å². The van der Waals surface area contributed by atoms with E-state index in [9.17, 15) is 0 Å². The lowest BCUT2D eigenvalue weighted by molar-refractivity contribution is 0.668. The van der Waals surface area contributed by atoms with Gasteiger partial charge in [0.25, 0.3) is 0 Å². The molecule has 0 fully saturated rings. The van der Waals surface area contributed by atoms with Crippen LogP contribution in [0.4, 0.5) is 17.1 Å². The molecule has 0 radical (unpaired) electrons. The van der Waals surface area contributed by atoms with Crippen LogP contribution in [-0.4, -0.2) is 0 Å². The van der Waals surface area contributed by atoms with Crippen molar-refractivity contribution in [3.05, 3.63) is 188 Å². The Kier molecular flexibility index (Phi) is 6.55. The third-order valence-corrected chi connectivity index (χ3v) is 10.7. The van der Waals surface area contributed by atoms with Crippen molar-refractivity contribution in [3.8, 4) is 22.3 Å². The molecule has 9 aromatic carbocycles. The molecule has 0 saturated heterocycles. The van der Waals surface area contributed by atoms with E-state index in [4.69, 9.17) is 8.83 Å².